The maximum absolute atomic E-state index is 10.1. The van der Waals surface area contributed by atoms with Gasteiger partial charge in [0.1, 0.15) is 5.60 Å². The normalized spacial score (nSPS) is 21.8. The number of nitrogens with one attached hydrogen (secondary N) is 1. The molecule has 0 saturated carbocycles. The van der Waals surface area contributed by atoms with Gasteiger partial charge in [-0.05, 0) is 17.7 Å². The van der Waals surface area contributed by atoms with Gasteiger partial charge in [0.25, 0.3) is 0 Å². The second kappa shape index (κ2) is 2.62. The van der Waals surface area contributed by atoms with Crippen LogP contribution in [0.25, 0.3) is 0 Å². The van der Waals surface area contributed by atoms with Crippen LogP contribution in [-0.4, -0.2) is 25.0 Å². The van der Waals surface area contributed by atoms with E-state index in [-0.39, 0.29) is 6.79 Å². The van der Waals surface area contributed by atoms with Gasteiger partial charge in [-0.2, -0.15) is 0 Å². The van der Waals surface area contributed by atoms with Crippen molar-refractivity contribution in [2.75, 3.05) is 19.9 Å². The van der Waals surface area contributed by atoms with Gasteiger partial charge in [0.15, 0.2) is 11.5 Å². The lowest BCUT2D eigenvalue weighted by Gasteiger charge is -2.38. The van der Waals surface area contributed by atoms with Crippen molar-refractivity contribution >= 4 is 0 Å². The van der Waals surface area contributed by atoms with Crippen LogP contribution in [0.2, 0.25) is 0 Å². The summed E-state index contributed by atoms with van der Waals surface area (Å²) in [6.07, 6.45) is 0. The Hall–Kier alpha value is -1.26. The highest BCUT2D eigenvalue weighted by atomic mass is 16.7. The molecule has 4 heteroatoms. The van der Waals surface area contributed by atoms with Gasteiger partial charge in [-0.1, -0.05) is 6.07 Å². The van der Waals surface area contributed by atoms with Crippen molar-refractivity contribution in [2.24, 2.45) is 0 Å². The molecule has 0 radical (unpaired) electrons. The molecule has 1 aromatic rings. The van der Waals surface area contributed by atoms with Gasteiger partial charge in [0.2, 0.25) is 6.79 Å². The average Bonchev–Trinajstić information content (AvgIpc) is 2.60. The molecule has 2 aliphatic heterocycles. The summed E-state index contributed by atoms with van der Waals surface area (Å²) < 4.78 is 10.4. The summed E-state index contributed by atoms with van der Waals surface area (Å²) in [5.41, 5.74) is 0.168. The maximum Gasteiger partial charge on any atom is 0.231 e. The van der Waals surface area contributed by atoms with Gasteiger partial charge in [0, 0.05) is 13.1 Å². The minimum absolute atomic E-state index is 0.273. The van der Waals surface area contributed by atoms with E-state index in [0.717, 1.165) is 17.1 Å². The molecule has 1 fully saturated rings. The maximum atomic E-state index is 10.1. The van der Waals surface area contributed by atoms with E-state index in [9.17, 15) is 5.11 Å². The topological polar surface area (TPSA) is 50.7 Å². The molecule has 0 aromatic heterocycles. The first-order valence-electron chi connectivity index (χ1n) is 4.61. The van der Waals surface area contributed by atoms with Gasteiger partial charge in [0.05, 0.1) is 0 Å². The minimum atomic E-state index is -0.721. The molecule has 1 saturated heterocycles. The van der Waals surface area contributed by atoms with Crippen molar-refractivity contribution in [3.63, 3.8) is 0 Å². The summed E-state index contributed by atoms with van der Waals surface area (Å²) >= 11 is 0. The third-order valence-electron chi connectivity index (χ3n) is 2.74. The molecular weight excluding hydrogens is 182 g/mol. The lowest BCUT2D eigenvalue weighted by atomic mass is 9.88. The van der Waals surface area contributed by atoms with Gasteiger partial charge >= 0.3 is 0 Å². The Morgan fingerprint density at radius 3 is 2.71 bits per heavy atom. The van der Waals surface area contributed by atoms with E-state index in [1.807, 2.05) is 18.2 Å². The van der Waals surface area contributed by atoms with Gasteiger partial charge < -0.3 is 19.9 Å². The van der Waals surface area contributed by atoms with Crippen molar-refractivity contribution in [3.05, 3.63) is 23.8 Å². The van der Waals surface area contributed by atoms with E-state index in [2.05, 4.69) is 5.32 Å². The Kier molecular flexibility index (Phi) is 1.51. The predicted octanol–water partition coefficient (Wildman–Crippen LogP) is 0.206. The van der Waals surface area contributed by atoms with E-state index >= 15 is 0 Å². The smallest absolute Gasteiger partial charge is 0.231 e. The summed E-state index contributed by atoms with van der Waals surface area (Å²) in [4.78, 5) is 0. The quantitative estimate of drug-likeness (QED) is 0.669. The molecule has 4 nitrogen and oxygen atoms in total. The molecule has 1 aromatic carbocycles. The van der Waals surface area contributed by atoms with Crippen molar-refractivity contribution in [3.8, 4) is 11.5 Å². The fourth-order valence-corrected chi connectivity index (χ4v) is 1.75. The predicted molar refractivity (Wildman–Crippen MR) is 49.3 cm³/mol. The number of rotatable bonds is 1. The third kappa shape index (κ3) is 1.01. The first kappa shape index (κ1) is 8.08. The number of aliphatic hydroxyl groups is 1. The number of fused-ring (bicyclic) bond motifs is 1. The first-order valence-corrected chi connectivity index (χ1v) is 4.61. The Balaban J connectivity index is 2.00. The molecule has 0 unspecified atom stereocenters. The van der Waals surface area contributed by atoms with E-state index < -0.39 is 5.60 Å². The molecule has 3 rings (SSSR count). The lowest BCUT2D eigenvalue weighted by molar-refractivity contribution is -0.0147. The number of hydrogen-bond donors (Lipinski definition) is 2. The minimum Gasteiger partial charge on any atom is -0.454 e. The molecule has 14 heavy (non-hydrogen) atoms. The van der Waals surface area contributed by atoms with E-state index in [4.69, 9.17) is 9.47 Å². The van der Waals surface area contributed by atoms with Crippen LogP contribution in [0.15, 0.2) is 18.2 Å². The van der Waals surface area contributed by atoms with Gasteiger partial charge in [-0.3, -0.25) is 0 Å². The molecule has 0 aliphatic carbocycles. The molecule has 74 valence electrons. The number of β-amino-alcohol motifs (C(OH)–C–C–N with tert-alkyl or cyclic N) is 1. The summed E-state index contributed by atoms with van der Waals surface area (Å²) in [6.45, 7) is 1.48. The summed E-state index contributed by atoms with van der Waals surface area (Å²) in [7, 11) is 0. The van der Waals surface area contributed by atoms with Crippen LogP contribution in [0, 0.1) is 0 Å². The Labute approximate surface area is 81.5 Å². The van der Waals surface area contributed by atoms with Crippen molar-refractivity contribution in [1.82, 2.24) is 5.32 Å². The SMILES string of the molecule is OC1(c2ccc3c(c2)OCO3)CNC1. The van der Waals surface area contributed by atoms with Crippen molar-refractivity contribution in [2.45, 2.75) is 5.60 Å². The molecule has 2 N–H and O–H groups in total. The molecule has 0 amide bonds. The Morgan fingerprint density at radius 1 is 1.21 bits per heavy atom. The van der Waals surface area contributed by atoms with Crippen LogP contribution in [0.4, 0.5) is 0 Å². The molecule has 2 heterocycles. The van der Waals surface area contributed by atoms with Crippen molar-refractivity contribution < 1.29 is 14.6 Å². The van der Waals surface area contributed by atoms with Crippen LogP contribution >= 0.6 is 0 Å². The highest BCUT2D eigenvalue weighted by Gasteiger charge is 2.37. The third-order valence-corrected chi connectivity index (χ3v) is 2.74. The zero-order chi connectivity index (χ0) is 9.60. The van der Waals surface area contributed by atoms with Gasteiger partial charge in [-0.25, -0.2) is 0 Å². The largest absolute Gasteiger partial charge is 0.454 e. The molecule has 0 atom stereocenters. The van der Waals surface area contributed by atoms with Crippen LogP contribution in [0.5, 0.6) is 11.5 Å². The fraction of sp³-hybridized carbons (Fsp3) is 0.400. The van der Waals surface area contributed by atoms with Crippen LogP contribution in [-0.2, 0) is 5.60 Å². The second-order valence-electron chi connectivity index (χ2n) is 3.70. The highest BCUT2D eigenvalue weighted by molar-refractivity contribution is 5.46. The van der Waals surface area contributed by atoms with Gasteiger partial charge in [-0.15, -0.1) is 0 Å². The molecule has 0 spiro atoms. The molecule has 2 aliphatic rings. The zero-order valence-electron chi connectivity index (χ0n) is 7.62. The average molecular weight is 193 g/mol. The summed E-state index contributed by atoms with van der Waals surface area (Å²) in [6, 6.07) is 5.57. The second-order valence-corrected chi connectivity index (χ2v) is 3.70. The zero-order valence-corrected chi connectivity index (χ0v) is 7.62. The van der Waals surface area contributed by atoms with E-state index in [1.165, 1.54) is 0 Å². The summed E-state index contributed by atoms with van der Waals surface area (Å²) in [5.74, 6) is 1.48. The fourth-order valence-electron chi connectivity index (χ4n) is 1.75. The van der Waals surface area contributed by atoms with Crippen molar-refractivity contribution in [1.29, 1.82) is 0 Å². The summed E-state index contributed by atoms with van der Waals surface area (Å²) in [5, 5.41) is 13.1. The van der Waals surface area contributed by atoms with Crippen LogP contribution in [0.1, 0.15) is 5.56 Å². The Morgan fingerprint density at radius 2 is 2.00 bits per heavy atom. The standard InChI is InChI=1S/C10H11NO3/c12-10(4-11-5-10)7-1-2-8-9(3-7)14-6-13-8/h1-3,11-12H,4-6H2. The number of benzene rings is 1. The Bertz CT molecular complexity index is 374. The lowest BCUT2D eigenvalue weighted by Crippen LogP contribution is -2.56. The first-order chi connectivity index (χ1) is 6.78. The monoisotopic (exact) mass is 193 g/mol. The highest BCUT2D eigenvalue weighted by Crippen LogP contribution is 2.36. The van der Waals surface area contributed by atoms with E-state index in [0.29, 0.717) is 13.1 Å². The number of ether oxygens (including phenoxy) is 2. The molecular formula is C10H11NO3. The number of hydrogen-bond acceptors (Lipinski definition) is 4. The van der Waals surface area contributed by atoms with E-state index in [1.54, 1.807) is 0 Å². The van der Waals surface area contributed by atoms with Crippen LogP contribution in [0.3, 0.4) is 0 Å². The van der Waals surface area contributed by atoms with Crippen LogP contribution < -0.4 is 14.8 Å². The molecule has 0 bridgehead atoms.